The van der Waals surface area contributed by atoms with Crippen LogP contribution in [0.4, 0.5) is 4.39 Å². The van der Waals surface area contributed by atoms with E-state index in [-0.39, 0.29) is 30.3 Å². The highest BCUT2D eigenvalue weighted by atomic mass is 19.1. The van der Waals surface area contributed by atoms with Crippen molar-refractivity contribution in [3.05, 3.63) is 29.6 Å². The summed E-state index contributed by atoms with van der Waals surface area (Å²) in [5, 5.41) is 5.99. The van der Waals surface area contributed by atoms with Crippen LogP contribution in [0.15, 0.2) is 18.2 Å². The Balaban J connectivity index is 2.55. The lowest BCUT2D eigenvalue weighted by Crippen LogP contribution is -2.35. The third-order valence-electron chi connectivity index (χ3n) is 2.73. The number of benzene rings is 1. The van der Waals surface area contributed by atoms with Gasteiger partial charge in [-0.15, -0.1) is 0 Å². The van der Waals surface area contributed by atoms with Crippen LogP contribution in [0, 0.1) is 5.82 Å². The molecule has 2 N–H and O–H groups in total. The van der Waals surface area contributed by atoms with Gasteiger partial charge < -0.3 is 15.4 Å². The molecule has 0 fully saturated rings. The Bertz CT molecular complexity index is 470. The Labute approximate surface area is 126 Å². The van der Waals surface area contributed by atoms with E-state index in [1.54, 1.807) is 6.07 Å². The average molecular weight is 296 g/mol. The van der Waals surface area contributed by atoms with Crippen molar-refractivity contribution >= 4 is 5.91 Å². The van der Waals surface area contributed by atoms with Gasteiger partial charge in [0.05, 0.1) is 13.0 Å². The smallest absolute Gasteiger partial charge is 0.223 e. The highest BCUT2D eigenvalue weighted by Crippen LogP contribution is 2.17. The molecule has 0 saturated heterocycles. The lowest BCUT2D eigenvalue weighted by molar-refractivity contribution is -0.121. The van der Waals surface area contributed by atoms with Crippen molar-refractivity contribution < 1.29 is 13.9 Å². The minimum Gasteiger partial charge on any atom is -0.493 e. The number of hydrogen-bond acceptors (Lipinski definition) is 3. The van der Waals surface area contributed by atoms with Gasteiger partial charge in [0, 0.05) is 24.7 Å². The molecule has 0 aliphatic carbocycles. The predicted octanol–water partition coefficient (Wildman–Crippen LogP) is 2.62. The van der Waals surface area contributed by atoms with Crippen molar-refractivity contribution in [1.29, 1.82) is 0 Å². The molecule has 0 atom stereocenters. The Morgan fingerprint density at radius 1 is 1.29 bits per heavy atom. The van der Waals surface area contributed by atoms with Crippen molar-refractivity contribution in [3.63, 3.8) is 0 Å². The van der Waals surface area contributed by atoms with E-state index in [1.165, 1.54) is 12.1 Å². The number of nitrogens with one attached hydrogen (secondary N) is 2. The predicted molar refractivity (Wildman–Crippen MR) is 81.8 cm³/mol. The number of rotatable bonds is 7. The second kappa shape index (κ2) is 7.98. The van der Waals surface area contributed by atoms with Gasteiger partial charge in [-0.1, -0.05) is 0 Å². The molecule has 21 heavy (non-hydrogen) atoms. The molecule has 5 heteroatoms. The summed E-state index contributed by atoms with van der Waals surface area (Å²) in [5.74, 6) is 0.0461. The molecule has 0 aliphatic rings. The normalized spacial score (nSPS) is 11.3. The summed E-state index contributed by atoms with van der Waals surface area (Å²) in [6.07, 6.45) is 0.264. The zero-order valence-electron chi connectivity index (χ0n) is 13.3. The molecule has 1 amide bonds. The molecule has 118 valence electrons. The minimum atomic E-state index is -0.337. The van der Waals surface area contributed by atoms with Crippen LogP contribution in [-0.4, -0.2) is 24.6 Å². The lowest BCUT2D eigenvalue weighted by Gasteiger charge is -2.20. The van der Waals surface area contributed by atoms with Gasteiger partial charge in [0.25, 0.3) is 0 Å². The summed E-state index contributed by atoms with van der Waals surface area (Å²) >= 11 is 0. The molecule has 4 nitrogen and oxygen atoms in total. The van der Waals surface area contributed by atoms with Gasteiger partial charge in [-0.3, -0.25) is 4.79 Å². The Hall–Kier alpha value is -1.62. The Morgan fingerprint density at radius 3 is 2.62 bits per heavy atom. The first-order valence-corrected chi connectivity index (χ1v) is 7.24. The van der Waals surface area contributed by atoms with Crippen LogP contribution in [0.25, 0.3) is 0 Å². The van der Waals surface area contributed by atoms with Gasteiger partial charge in [0.2, 0.25) is 5.91 Å². The molecular formula is C16H25FN2O2. The summed E-state index contributed by atoms with van der Waals surface area (Å²) in [7, 11) is 0. The molecule has 1 aromatic carbocycles. The van der Waals surface area contributed by atoms with Gasteiger partial charge in [0.15, 0.2) is 0 Å². The molecule has 0 aromatic heterocycles. The fourth-order valence-corrected chi connectivity index (χ4v) is 1.72. The zero-order valence-corrected chi connectivity index (χ0v) is 13.3. The largest absolute Gasteiger partial charge is 0.493 e. The third-order valence-corrected chi connectivity index (χ3v) is 2.73. The molecule has 0 bridgehead atoms. The summed E-state index contributed by atoms with van der Waals surface area (Å²) in [6, 6.07) is 4.60. The zero-order chi connectivity index (χ0) is 15.9. The maximum absolute atomic E-state index is 13.6. The quantitative estimate of drug-likeness (QED) is 0.813. The number of ether oxygens (including phenoxy) is 1. The molecule has 1 aromatic rings. The Morgan fingerprint density at radius 2 is 2.00 bits per heavy atom. The highest BCUT2D eigenvalue weighted by molar-refractivity contribution is 5.75. The average Bonchev–Trinajstić information content (AvgIpc) is 2.35. The minimum absolute atomic E-state index is 0.0361. The maximum atomic E-state index is 13.6. The van der Waals surface area contributed by atoms with Crippen LogP contribution in [0.2, 0.25) is 0 Å². The van der Waals surface area contributed by atoms with Crippen LogP contribution in [0.5, 0.6) is 5.75 Å². The molecule has 0 unspecified atom stereocenters. The topological polar surface area (TPSA) is 50.4 Å². The summed E-state index contributed by atoms with van der Waals surface area (Å²) in [5.41, 5.74) is 0.781. The number of halogens is 1. The number of amides is 1. The van der Waals surface area contributed by atoms with E-state index in [2.05, 4.69) is 31.4 Å². The molecule has 0 spiro atoms. The fraction of sp³-hybridized carbons (Fsp3) is 0.562. The fourth-order valence-electron chi connectivity index (χ4n) is 1.72. The second-order valence-corrected chi connectivity index (χ2v) is 5.95. The second-order valence-electron chi connectivity index (χ2n) is 5.95. The summed E-state index contributed by atoms with van der Waals surface area (Å²) in [4.78, 5) is 11.3. The standard InChI is InChI=1S/C16H25FN2O2/c1-5-18-15(20)6-7-21-14-9-12(8-13(17)10-14)11-19-16(2,3)4/h8-10,19H,5-7,11H2,1-4H3,(H,18,20). The molecule has 0 radical (unpaired) electrons. The van der Waals surface area contributed by atoms with E-state index >= 15 is 0 Å². The van der Waals surface area contributed by atoms with Crippen LogP contribution >= 0.6 is 0 Å². The van der Waals surface area contributed by atoms with Crippen molar-refractivity contribution in [3.8, 4) is 5.75 Å². The summed E-state index contributed by atoms with van der Waals surface area (Å²) in [6.45, 7) is 9.42. The van der Waals surface area contributed by atoms with Crippen LogP contribution < -0.4 is 15.4 Å². The van der Waals surface area contributed by atoms with Crippen molar-refractivity contribution in [2.75, 3.05) is 13.2 Å². The van der Waals surface area contributed by atoms with E-state index in [4.69, 9.17) is 4.74 Å². The van der Waals surface area contributed by atoms with E-state index in [0.29, 0.717) is 18.8 Å². The molecule has 0 saturated carbocycles. The van der Waals surface area contributed by atoms with Gasteiger partial charge in [-0.05, 0) is 45.4 Å². The van der Waals surface area contributed by atoms with E-state index in [1.807, 2.05) is 6.92 Å². The van der Waals surface area contributed by atoms with Gasteiger partial charge in [-0.2, -0.15) is 0 Å². The monoisotopic (exact) mass is 296 g/mol. The summed E-state index contributed by atoms with van der Waals surface area (Å²) < 4.78 is 19.0. The number of carbonyl (C=O) groups excluding carboxylic acids is 1. The number of hydrogen-bond donors (Lipinski definition) is 2. The van der Waals surface area contributed by atoms with Gasteiger partial charge in [-0.25, -0.2) is 4.39 Å². The van der Waals surface area contributed by atoms with E-state index in [0.717, 1.165) is 5.56 Å². The van der Waals surface area contributed by atoms with E-state index in [9.17, 15) is 9.18 Å². The highest BCUT2D eigenvalue weighted by Gasteiger charge is 2.10. The molecule has 0 aliphatic heterocycles. The first-order valence-electron chi connectivity index (χ1n) is 7.24. The molecular weight excluding hydrogens is 271 g/mol. The first kappa shape index (κ1) is 17.4. The van der Waals surface area contributed by atoms with Gasteiger partial charge in [0.1, 0.15) is 11.6 Å². The number of carbonyl (C=O) groups is 1. The first-order chi connectivity index (χ1) is 9.80. The van der Waals surface area contributed by atoms with Gasteiger partial charge >= 0.3 is 0 Å². The third kappa shape index (κ3) is 7.66. The van der Waals surface area contributed by atoms with Crippen molar-refractivity contribution in [1.82, 2.24) is 10.6 Å². The van der Waals surface area contributed by atoms with Crippen LogP contribution in [-0.2, 0) is 11.3 Å². The SMILES string of the molecule is CCNC(=O)CCOc1cc(F)cc(CNC(C)(C)C)c1. The van der Waals surface area contributed by atoms with Crippen molar-refractivity contribution in [2.45, 2.75) is 46.2 Å². The maximum Gasteiger partial charge on any atom is 0.223 e. The van der Waals surface area contributed by atoms with E-state index < -0.39 is 0 Å². The molecule has 1 rings (SSSR count). The lowest BCUT2D eigenvalue weighted by atomic mass is 10.1. The van der Waals surface area contributed by atoms with Crippen LogP contribution in [0.3, 0.4) is 0 Å². The van der Waals surface area contributed by atoms with Crippen LogP contribution in [0.1, 0.15) is 39.7 Å². The Kier molecular flexibility index (Phi) is 6.62. The van der Waals surface area contributed by atoms with Crippen molar-refractivity contribution in [2.24, 2.45) is 0 Å². The molecule has 0 heterocycles.